The minimum absolute atomic E-state index is 0.0631. The number of rotatable bonds is 5. The summed E-state index contributed by atoms with van der Waals surface area (Å²) < 4.78 is 5.33. The molecule has 0 saturated heterocycles. The van der Waals surface area contributed by atoms with Crippen molar-refractivity contribution in [1.29, 1.82) is 0 Å². The number of H-pyrrole nitrogens is 1. The summed E-state index contributed by atoms with van der Waals surface area (Å²) in [5.74, 6) is 0.151. The second kappa shape index (κ2) is 6.44. The van der Waals surface area contributed by atoms with Crippen molar-refractivity contribution in [2.45, 2.75) is 32.6 Å². The molecule has 22 heavy (non-hydrogen) atoms. The molecule has 2 aromatic heterocycles. The molecule has 0 spiro atoms. The Hall–Kier alpha value is -1.95. The summed E-state index contributed by atoms with van der Waals surface area (Å²) in [6.45, 7) is 4.30. The van der Waals surface area contributed by atoms with E-state index in [1.807, 2.05) is 18.4 Å². The van der Waals surface area contributed by atoms with Gasteiger partial charge >= 0.3 is 5.97 Å². The fourth-order valence-corrected chi connectivity index (χ4v) is 3.83. The number of esters is 1. The summed E-state index contributed by atoms with van der Waals surface area (Å²) in [6.07, 6.45) is 3.50. The molecule has 2 aromatic rings. The molecule has 0 radical (unpaired) electrons. The van der Waals surface area contributed by atoms with Gasteiger partial charge in [0.25, 0.3) is 0 Å². The summed E-state index contributed by atoms with van der Waals surface area (Å²) in [5.41, 5.74) is 1.86. The van der Waals surface area contributed by atoms with Crippen LogP contribution in [0.15, 0.2) is 28.7 Å². The zero-order valence-corrected chi connectivity index (χ0v) is 13.5. The number of nitrogens with one attached hydrogen (secondary N) is 1. The van der Waals surface area contributed by atoms with Crippen molar-refractivity contribution in [1.82, 2.24) is 10.2 Å². The first-order valence-electron chi connectivity index (χ1n) is 7.57. The van der Waals surface area contributed by atoms with E-state index in [-0.39, 0.29) is 17.8 Å². The summed E-state index contributed by atoms with van der Waals surface area (Å²) >= 11 is 1.65. The normalized spacial score (nSPS) is 20.4. The highest BCUT2D eigenvalue weighted by Crippen LogP contribution is 2.44. The molecule has 0 amide bonds. The average Bonchev–Trinajstić information content (AvgIpc) is 3.17. The first-order valence-corrected chi connectivity index (χ1v) is 8.45. The minimum atomic E-state index is -0.358. The Morgan fingerprint density at radius 2 is 2.32 bits per heavy atom. The molecular formula is C16H19N3O2S. The third-order valence-electron chi connectivity index (χ3n) is 3.83. The predicted molar refractivity (Wildman–Crippen MR) is 86.9 cm³/mol. The molecule has 6 heteroatoms. The van der Waals surface area contributed by atoms with Gasteiger partial charge in [-0.25, -0.2) is 4.99 Å². The van der Waals surface area contributed by atoms with Gasteiger partial charge in [0.1, 0.15) is 5.92 Å². The number of aromatic amines is 1. The van der Waals surface area contributed by atoms with E-state index in [9.17, 15) is 4.79 Å². The van der Waals surface area contributed by atoms with Gasteiger partial charge in [-0.3, -0.25) is 9.89 Å². The van der Waals surface area contributed by atoms with Gasteiger partial charge in [-0.1, -0.05) is 19.4 Å². The zero-order valence-electron chi connectivity index (χ0n) is 12.7. The van der Waals surface area contributed by atoms with Gasteiger partial charge in [0.2, 0.25) is 0 Å². The summed E-state index contributed by atoms with van der Waals surface area (Å²) in [4.78, 5) is 18.4. The summed E-state index contributed by atoms with van der Waals surface area (Å²) in [7, 11) is 0. The Morgan fingerprint density at radius 3 is 3.00 bits per heavy atom. The van der Waals surface area contributed by atoms with Crippen LogP contribution in [0.1, 0.15) is 43.0 Å². The Labute approximate surface area is 133 Å². The number of nitrogens with zero attached hydrogens (tertiary/aromatic N) is 2. The maximum atomic E-state index is 12.6. The predicted octanol–water partition coefficient (Wildman–Crippen LogP) is 3.67. The van der Waals surface area contributed by atoms with Gasteiger partial charge in [-0.15, -0.1) is 11.3 Å². The number of carbonyl (C=O) groups excluding carboxylic acids is 1. The van der Waals surface area contributed by atoms with Crippen LogP contribution in [0.25, 0.3) is 0 Å². The maximum absolute atomic E-state index is 12.6. The number of thiophene rings is 1. The molecule has 3 heterocycles. The van der Waals surface area contributed by atoms with Crippen molar-refractivity contribution >= 4 is 28.8 Å². The lowest BCUT2D eigenvalue weighted by atomic mass is 9.79. The van der Waals surface area contributed by atoms with Crippen molar-refractivity contribution in [2.24, 2.45) is 10.9 Å². The first-order chi connectivity index (χ1) is 10.8. The largest absolute Gasteiger partial charge is 0.465 e. The number of aliphatic imine (C=N–C) groups is 1. The second-order valence-electron chi connectivity index (χ2n) is 5.25. The molecule has 2 unspecified atom stereocenters. The van der Waals surface area contributed by atoms with Crippen LogP contribution >= 0.6 is 11.3 Å². The van der Waals surface area contributed by atoms with Crippen molar-refractivity contribution in [3.05, 3.63) is 34.2 Å². The molecule has 2 atom stereocenters. The van der Waals surface area contributed by atoms with Crippen molar-refractivity contribution < 1.29 is 9.53 Å². The fourth-order valence-electron chi connectivity index (χ4n) is 2.95. The zero-order chi connectivity index (χ0) is 15.5. The van der Waals surface area contributed by atoms with E-state index in [0.29, 0.717) is 6.61 Å². The Balaban J connectivity index is 2.10. The average molecular weight is 317 g/mol. The SMILES string of the molecule is CCCC1=Nc2[nH]ncc2C(c2cccs2)C1C(=O)OCC. The van der Waals surface area contributed by atoms with Crippen LogP contribution < -0.4 is 0 Å². The first kappa shape index (κ1) is 15.0. The van der Waals surface area contributed by atoms with E-state index < -0.39 is 0 Å². The molecule has 0 saturated carbocycles. The van der Waals surface area contributed by atoms with Crippen LogP contribution in [0.5, 0.6) is 0 Å². The lowest BCUT2D eigenvalue weighted by Gasteiger charge is -2.29. The standard InChI is InChI=1S/C16H19N3O2S/c1-3-6-11-14(16(20)21-4-2)13(12-7-5-8-22-12)10-9-17-19-15(10)18-11/h5,7-9,13-14H,3-4,6H2,1-2H3,(H,17,19). The molecule has 3 rings (SSSR count). The second-order valence-corrected chi connectivity index (χ2v) is 6.23. The van der Waals surface area contributed by atoms with Gasteiger partial charge in [0.15, 0.2) is 5.82 Å². The number of aromatic nitrogens is 2. The van der Waals surface area contributed by atoms with E-state index >= 15 is 0 Å². The van der Waals surface area contributed by atoms with Crippen LogP contribution in [-0.2, 0) is 9.53 Å². The number of ether oxygens (including phenoxy) is 1. The summed E-state index contributed by atoms with van der Waals surface area (Å²) in [5, 5.41) is 9.09. The number of hydrogen-bond donors (Lipinski definition) is 1. The van der Waals surface area contributed by atoms with Gasteiger partial charge in [-0.05, 0) is 24.8 Å². The Bertz CT molecular complexity index is 675. The third kappa shape index (κ3) is 2.59. The van der Waals surface area contributed by atoms with E-state index in [4.69, 9.17) is 4.74 Å². The number of hydrogen-bond acceptors (Lipinski definition) is 5. The molecule has 0 aliphatic carbocycles. The van der Waals surface area contributed by atoms with Crippen LogP contribution in [0, 0.1) is 5.92 Å². The Morgan fingerprint density at radius 1 is 1.45 bits per heavy atom. The molecule has 0 fully saturated rings. The van der Waals surface area contributed by atoms with Gasteiger partial charge in [0, 0.05) is 22.1 Å². The van der Waals surface area contributed by atoms with Crippen LogP contribution in [-0.4, -0.2) is 28.5 Å². The van der Waals surface area contributed by atoms with Crippen molar-refractivity contribution in [3.8, 4) is 0 Å². The maximum Gasteiger partial charge on any atom is 0.315 e. The van der Waals surface area contributed by atoms with Crippen molar-refractivity contribution in [2.75, 3.05) is 6.61 Å². The Kier molecular flexibility index (Phi) is 4.38. The highest BCUT2D eigenvalue weighted by atomic mass is 32.1. The van der Waals surface area contributed by atoms with E-state index in [2.05, 4.69) is 28.2 Å². The van der Waals surface area contributed by atoms with Gasteiger partial charge < -0.3 is 4.74 Å². The molecule has 1 aliphatic heterocycles. The number of fused-ring (bicyclic) bond motifs is 1. The number of carbonyl (C=O) groups is 1. The molecule has 0 bridgehead atoms. The van der Waals surface area contributed by atoms with E-state index in [0.717, 1.165) is 34.8 Å². The highest BCUT2D eigenvalue weighted by Gasteiger charge is 2.41. The quantitative estimate of drug-likeness (QED) is 0.856. The van der Waals surface area contributed by atoms with Crippen LogP contribution in [0.3, 0.4) is 0 Å². The van der Waals surface area contributed by atoms with Gasteiger partial charge in [0.05, 0.1) is 12.8 Å². The van der Waals surface area contributed by atoms with E-state index in [1.54, 1.807) is 17.5 Å². The topological polar surface area (TPSA) is 67.3 Å². The molecule has 1 aliphatic rings. The summed E-state index contributed by atoms with van der Waals surface area (Å²) in [6, 6.07) is 4.07. The molecule has 0 aromatic carbocycles. The molecule has 116 valence electrons. The van der Waals surface area contributed by atoms with Crippen LogP contribution in [0.4, 0.5) is 5.82 Å². The lowest BCUT2D eigenvalue weighted by molar-refractivity contribution is -0.146. The van der Waals surface area contributed by atoms with Crippen molar-refractivity contribution in [3.63, 3.8) is 0 Å². The van der Waals surface area contributed by atoms with Crippen LogP contribution in [0.2, 0.25) is 0 Å². The van der Waals surface area contributed by atoms with Gasteiger partial charge in [-0.2, -0.15) is 5.10 Å². The molecule has 1 N–H and O–H groups in total. The minimum Gasteiger partial charge on any atom is -0.465 e. The molecular weight excluding hydrogens is 298 g/mol. The lowest BCUT2D eigenvalue weighted by Crippen LogP contribution is -2.34. The monoisotopic (exact) mass is 317 g/mol. The fraction of sp³-hybridized carbons (Fsp3) is 0.438. The molecule has 5 nitrogen and oxygen atoms in total. The third-order valence-corrected chi connectivity index (χ3v) is 4.78. The highest BCUT2D eigenvalue weighted by molar-refractivity contribution is 7.10. The smallest absolute Gasteiger partial charge is 0.315 e. The van der Waals surface area contributed by atoms with E-state index in [1.165, 1.54) is 0 Å².